The molecule has 2 unspecified atom stereocenters. The van der Waals surface area contributed by atoms with Gasteiger partial charge in [-0.05, 0) is 37.8 Å². The third-order valence-electron chi connectivity index (χ3n) is 4.74. The van der Waals surface area contributed by atoms with Crippen molar-refractivity contribution in [3.8, 4) is 0 Å². The maximum atomic E-state index is 12.4. The van der Waals surface area contributed by atoms with Crippen LogP contribution in [0.1, 0.15) is 44.6 Å². The molecule has 1 aromatic carbocycles. The molecule has 3 nitrogen and oxygen atoms in total. The van der Waals surface area contributed by atoms with Gasteiger partial charge in [0.25, 0.3) is 0 Å². The third kappa shape index (κ3) is 4.45. The van der Waals surface area contributed by atoms with Crippen molar-refractivity contribution in [1.29, 1.82) is 0 Å². The number of rotatable bonds is 5. The number of carbonyl (C=O) groups excluding carboxylic acids is 1. The first-order chi connectivity index (χ1) is 9.63. The lowest BCUT2D eigenvalue weighted by molar-refractivity contribution is -0.126. The second-order valence-corrected chi connectivity index (χ2v) is 6.03. The van der Waals surface area contributed by atoms with Crippen molar-refractivity contribution in [3.63, 3.8) is 0 Å². The number of halogens is 1. The Bertz CT molecular complexity index is 438. The second kappa shape index (κ2) is 8.40. The van der Waals surface area contributed by atoms with Gasteiger partial charge in [0.2, 0.25) is 5.91 Å². The predicted octanol–water partition coefficient (Wildman–Crippen LogP) is 3.09. The molecule has 0 saturated heterocycles. The van der Waals surface area contributed by atoms with E-state index < -0.39 is 0 Å². The Labute approximate surface area is 134 Å². The van der Waals surface area contributed by atoms with Crippen molar-refractivity contribution >= 4 is 18.3 Å². The summed E-state index contributed by atoms with van der Waals surface area (Å²) in [5, 5.41) is 3.19. The smallest absolute Gasteiger partial charge is 0.223 e. The van der Waals surface area contributed by atoms with Gasteiger partial charge in [-0.25, -0.2) is 0 Å². The third-order valence-corrected chi connectivity index (χ3v) is 4.74. The highest BCUT2D eigenvalue weighted by atomic mass is 35.5. The molecule has 1 amide bonds. The van der Waals surface area contributed by atoms with Gasteiger partial charge in [0.1, 0.15) is 0 Å². The van der Waals surface area contributed by atoms with Crippen LogP contribution in [0.3, 0.4) is 0 Å². The van der Waals surface area contributed by atoms with E-state index in [4.69, 9.17) is 5.73 Å². The standard InChI is InChI=1S/C17H26N2O.ClH/c1-12(14-7-4-3-5-8-14)13(2)19-17(20)16-10-6-9-15(16)11-18;/h3-5,7-8,12-13,15-16H,6,9-11,18H2,1-2H3,(H,19,20);1H/t12?,13?,15-,16-;/m1./s1. The zero-order chi connectivity index (χ0) is 14.5. The normalized spacial score (nSPS) is 24.0. The molecule has 0 spiro atoms. The van der Waals surface area contributed by atoms with Gasteiger partial charge in [-0.3, -0.25) is 4.79 Å². The van der Waals surface area contributed by atoms with Gasteiger partial charge < -0.3 is 11.1 Å². The van der Waals surface area contributed by atoms with E-state index in [1.165, 1.54) is 5.56 Å². The van der Waals surface area contributed by atoms with Crippen molar-refractivity contribution < 1.29 is 4.79 Å². The molecule has 1 aliphatic carbocycles. The van der Waals surface area contributed by atoms with Crippen molar-refractivity contribution in [1.82, 2.24) is 5.32 Å². The summed E-state index contributed by atoms with van der Waals surface area (Å²) in [6, 6.07) is 10.5. The van der Waals surface area contributed by atoms with E-state index in [0.29, 0.717) is 18.4 Å². The first-order valence-electron chi connectivity index (χ1n) is 7.69. The minimum absolute atomic E-state index is 0. The number of amides is 1. The maximum Gasteiger partial charge on any atom is 0.223 e. The molecule has 1 aliphatic rings. The van der Waals surface area contributed by atoms with Gasteiger partial charge in [0.05, 0.1) is 0 Å². The average molecular weight is 311 g/mol. The van der Waals surface area contributed by atoms with Crippen LogP contribution >= 0.6 is 12.4 Å². The number of hydrogen-bond donors (Lipinski definition) is 2. The molecule has 3 N–H and O–H groups in total. The van der Waals surface area contributed by atoms with Gasteiger partial charge in [0, 0.05) is 17.9 Å². The highest BCUT2D eigenvalue weighted by Gasteiger charge is 2.32. The van der Waals surface area contributed by atoms with E-state index in [9.17, 15) is 4.79 Å². The Morgan fingerprint density at radius 2 is 1.95 bits per heavy atom. The van der Waals surface area contributed by atoms with Crippen LogP contribution in [-0.2, 0) is 4.79 Å². The van der Waals surface area contributed by atoms with E-state index in [-0.39, 0.29) is 30.3 Å². The van der Waals surface area contributed by atoms with Gasteiger partial charge in [-0.1, -0.05) is 43.7 Å². The highest BCUT2D eigenvalue weighted by molar-refractivity contribution is 5.85. The lowest BCUT2D eigenvalue weighted by Crippen LogP contribution is -2.41. The number of benzene rings is 1. The van der Waals surface area contributed by atoms with Crippen LogP contribution < -0.4 is 11.1 Å². The van der Waals surface area contributed by atoms with Crippen LogP contribution in [0.4, 0.5) is 0 Å². The Balaban J connectivity index is 0.00000220. The average Bonchev–Trinajstić information content (AvgIpc) is 2.95. The molecule has 0 aliphatic heterocycles. The summed E-state index contributed by atoms with van der Waals surface area (Å²) in [7, 11) is 0. The fourth-order valence-electron chi connectivity index (χ4n) is 3.17. The summed E-state index contributed by atoms with van der Waals surface area (Å²) in [6.45, 7) is 4.87. The summed E-state index contributed by atoms with van der Waals surface area (Å²) in [6.07, 6.45) is 3.21. The van der Waals surface area contributed by atoms with Crippen LogP contribution in [0.2, 0.25) is 0 Å². The Morgan fingerprint density at radius 1 is 1.29 bits per heavy atom. The zero-order valence-electron chi connectivity index (χ0n) is 12.9. The molecule has 0 heterocycles. The topological polar surface area (TPSA) is 55.1 Å². The summed E-state index contributed by atoms with van der Waals surface area (Å²) >= 11 is 0. The van der Waals surface area contributed by atoms with E-state index >= 15 is 0 Å². The van der Waals surface area contributed by atoms with E-state index in [1.807, 2.05) is 18.2 Å². The van der Waals surface area contributed by atoms with E-state index in [2.05, 4.69) is 31.3 Å². The zero-order valence-corrected chi connectivity index (χ0v) is 13.7. The van der Waals surface area contributed by atoms with Crippen molar-refractivity contribution in [2.24, 2.45) is 17.6 Å². The minimum atomic E-state index is 0. The van der Waals surface area contributed by atoms with Crippen LogP contribution in [0, 0.1) is 11.8 Å². The predicted molar refractivity (Wildman–Crippen MR) is 89.6 cm³/mol. The number of nitrogens with one attached hydrogen (secondary N) is 1. The van der Waals surface area contributed by atoms with E-state index in [0.717, 1.165) is 19.3 Å². The molecular weight excluding hydrogens is 284 g/mol. The monoisotopic (exact) mass is 310 g/mol. The molecule has 1 fully saturated rings. The second-order valence-electron chi connectivity index (χ2n) is 6.03. The first-order valence-corrected chi connectivity index (χ1v) is 7.69. The Morgan fingerprint density at radius 3 is 2.57 bits per heavy atom. The summed E-state index contributed by atoms with van der Waals surface area (Å²) in [4.78, 5) is 12.4. The van der Waals surface area contributed by atoms with Crippen LogP contribution in [0.25, 0.3) is 0 Å². The number of carbonyl (C=O) groups is 1. The molecule has 4 heteroatoms. The SMILES string of the molecule is CC(NC(=O)[C@@H]1CCC[C@@H]1CN)C(C)c1ccccc1.Cl. The highest BCUT2D eigenvalue weighted by Crippen LogP contribution is 2.31. The van der Waals surface area contributed by atoms with Crippen LogP contribution in [0.15, 0.2) is 30.3 Å². The first kappa shape index (κ1) is 18.0. The quantitative estimate of drug-likeness (QED) is 0.878. The molecule has 1 aromatic rings. The summed E-state index contributed by atoms with van der Waals surface area (Å²) < 4.78 is 0. The largest absolute Gasteiger partial charge is 0.353 e. The van der Waals surface area contributed by atoms with Crippen LogP contribution in [-0.4, -0.2) is 18.5 Å². The molecule has 1 saturated carbocycles. The van der Waals surface area contributed by atoms with Crippen molar-refractivity contribution in [2.75, 3.05) is 6.54 Å². The Kier molecular flexibility index (Phi) is 7.20. The summed E-state index contributed by atoms with van der Waals surface area (Å²) in [5.41, 5.74) is 7.03. The van der Waals surface area contributed by atoms with Gasteiger partial charge >= 0.3 is 0 Å². The molecule has 2 rings (SSSR count). The van der Waals surface area contributed by atoms with Gasteiger partial charge in [0.15, 0.2) is 0 Å². The Hall–Kier alpha value is -1.06. The molecule has 118 valence electrons. The molecule has 0 radical (unpaired) electrons. The molecular formula is C17H27ClN2O. The van der Waals surface area contributed by atoms with Gasteiger partial charge in [-0.15, -0.1) is 12.4 Å². The van der Waals surface area contributed by atoms with Crippen LogP contribution in [0.5, 0.6) is 0 Å². The number of hydrogen-bond acceptors (Lipinski definition) is 2. The minimum Gasteiger partial charge on any atom is -0.353 e. The fraction of sp³-hybridized carbons (Fsp3) is 0.588. The fourth-order valence-corrected chi connectivity index (χ4v) is 3.17. The molecule has 0 bridgehead atoms. The van der Waals surface area contributed by atoms with Crippen molar-refractivity contribution in [3.05, 3.63) is 35.9 Å². The molecule has 0 aromatic heterocycles. The van der Waals surface area contributed by atoms with Crippen molar-refractivity contribution in [2.45, 2.75) is 45.1 Å². The molecule has 21 heavy (non-hydrogen) atoms. The lowest BCUT2D eigenvalue weighted by atomic mass is 9.92. The van der Waals surface area contributed by atoms with E-state index in [1.54, 1.807) is 0 Å². The molecule has 4 atom stereocenters. The lowest BCUT2D eigenvalue weighted by Gasteiger charge is -2.25. The maximum absolute atomic E-state index is 12.4. The summed E-state index contributed by atoms with van der Waals surface area (Å²) in [5.74, 6) is 0.991. The van der Waals surface area contributed by atoms with Gasteiger partial charge in [-0.2, -0.15) is 0 Å². The number of nitrogens with two attached hydrogens (primary N) is 1.